The van der Waals surface area contributed by atoms with E-state index < -0.39 is 11.4 Å². The molecular formula is C16H12FN3O2S. The van der Waals surface area contributed by atoms with Crippen LogP contribution in [0.5, 0.6) is 5.88 Å². The Bertz CT molecular complexity index is 986. The van der Waals surface area contributed by atoms with Gasteiger partial charge < -0.3 is 5.11 Å². The highest BCUT2D eigenvalue weighted by Gasteiger charge is 2.18. The summed E-state index contributed by atoms with van der Waals surface area (Å²) in [5.74, 6) is -0.715. The molecule has 2 N–H and O–H groups in total. The fourth-order valence-corrected chi connectivity index (χ4v) is 2.61. The first-order valence-corrected chi connectivity index (χ1v) is 7.15. The number of hydrogen-bond donors (Lipinski definition) is 2. The smallest absolute Gasteiger partial charge is 0.262 e. The molecule has 2 aromatic rings. The van der Waals surface area contributed by atoms with Crippen LogP contribution >= 0.6 is 12.2 Å². The number of halogens is 1. The third-order valence-electron chi connectivity index (χ3n) is 3.45. The molecule has 0 aliphatic carbocycles. The number of nitrogens with one attached hydrogen (secondary N) is 1. The van der Waals surface area contributed by atoms with Crippen LogP contribution in [0.2, 0.25) is 0 Å². The van der Waals surface area contributed by atoms with Crippen molar-refractivity contribution < 1.29 is 9.50 Å². The number of fused-ring (bicyclic) bond motifs is 1. The molecule has 0 saturated carbocycles. The van der Waals surface area contributed by atoms with Crippen molar-refractivity contribution in [1.29, 1.82) is 0 Å². The van der Waals surface area contributed by atoms with E-state index in [2.05, 4.69) is 16.6 Å². The van der Waals surface area contributed by atoms with Gasteiger partial charge in [0.2, 0.25) is 5.88 Å². The number of aromatic hydroxyl groups is 1. The van der Waals surface area contributed by atoms with Crippen molar-refractivity contribution in [3.63, 3.8) is 0 Å². The fraction of sp³-hybridized carbons (Fsp3) is 0.0625. The molecule has 0 atom stereocenters. The van der Waals surface area contributed by atoms with Gasteiger partial charge in [0.25, 0.3) is 5.56 Å². The van der Waals surface area contributed by atoms with Crippen molar-refractivity contribution in [2.24, 2.45) is 4.99 Å². The minimum Gasteiger partial charge on any atom is -0.494 e. The standard InChI is InChI=1S/C16H12FN3O2S/c1-2-6-20-15(22)11(14(21)19-16(20)23)7-9-8-18-13-10(9)4-3-5-12(13)17/h2-5,7-8,22H,1,6H2,(H,19,21,23). The highest BCUT2D eigenvalue weighted by atomic mass is 32.1. The Hall–Kier alpha value is -2.80. The first kappa shape index (κ1) is 15.1. The number of H-pyrrole nitrogens is 1. The van der Waals surface area contributed by atoms with Gasteiger partial charge in [0, 0.05) is 23.9 Å². The Balaban J connectivity index is 2.20. The van der Waals surface area contributed by atoms with E-state index in [-0.39, 0.29) is 28.4 Å². The molecule has 0 saturated heterocycles. The van der Waals surface area contributed by atoms with E-state index in [9.17, 15) is 14.3 Å². The summed E-state index contributed by atoms with van der Waals surface area (Å²) in [6, 6.07) is 4.57. The van der Waals surface area contributed by atoms with Gasteiger partial charge in [0.1, 0.15) is 17.1 Å². The molecule has 7 heteroatoms. The quantitative estimate of drug-likeness (QED) is 0.671. The van der Waals surface area contributed by atoms with Gasteiger partial charge in [-0.1, -0.05) is 18.2 Å². The van der Waals surface area contributed by atoms with Gasteiger partial charge in [-0.2, -0.15) is 0 Å². The van der Waals surface area contributed by atoms with E-state index >= 15 is 0 Å². The molecule has 1 aromatic heterocycles. The van der Waals surface area contributed by atoms with Crippen molar-refractivity contribution in [2.75, 3.05) is 0 Å². The third kappa shape index (κ3) is 2.55. The molecular weight excluding hydrogens is 317 g/mol. The molecule has 116 valence electrons. The number of para-hydroxylation sites is 1. The van der Waals surface area contributed by atoms with Crippen LogP contribution in [0.3, 0.4) is 0 Å². The summed E-state index contributed by atoms with van der Waals surface area (Å²) in [6.45, 7) is 3.83. The van der Waals surface area contributed by atoms with Gasteiger partial charge in [0.05, 0.1) is 0 Å². The highest BCUT2D eigenvalue weighted by molar-refractivity contribution is 7.71. The predicted octanol–water partition coefficient (Wildman–Crippen LogP) is 3.19. The minimum atomic E-state index is -0.529. The first-order chi connectivity index (χ1) is 11.0. The Morgan fingerprint density at radius 1 is 1.48 bits per heavy atom. The maximum absolute atomic E-state index is 13.7. The zero-order chi connectivity index (χ0) is 16.6. The molecule has 1 aliphatic heterocycles. The van der Waals surface area contributed by atoms with Crippen LogP contribution in [-0.4, -0.2) is 20.9 Å². The second-order valence-electron chi connectivity index (χ2n) is 4.89. The first-order valence-electron chi connectivity index (χ1n) is 6.74. The van der Waals surface area contributed by atoms with Crippen LogP contribution in [0.1, 0.15) is 11.1 Å². The number of nitrogens with zero attached hydrogens (tertiary/aromatic N) is 2. The predicted molar refractivity (Wildman–Crippen MR) is 90.2 cm³/mol. The number of rotatable bonds is 3. The summed E-state index contributed by atoms with van der Waals surface area (Å²) < 4.78 is 15.1. The highest BCUT2D eigenvalue weighted by Crippen LogP contribution is 2.35. The molecule has 1 aliphatic rings. The minimum absolute atomic E-state index is 0.0269. The number of hydrogen-bond acceptors (Lipinski definition) is 4. The summed E-state index contributed by atoms with van der Waals surface area (Å²) >= 11 is 5.02. The van der Waals surface area contributed by atoms with E-state index in [0.29, 0.717) is 11.1 Å². The molecule has 23 heavy (non-hydrogen) atoms. The lowest BCUT2D eigenvalue weighted by Gasteiger charge is -2.09. The van der Waals surface area contributed by atoms with Crippen LogP contribution in [0, 0.1) is 10.6 Å². The zero-order valence-corrected chi connectivity index (χ0v) is 12.7. The zero-order valence-electron chi connectivity index (χ0n) is 11.9. The number of aromatic nitrogens is 2. The van der Waals surface area contributed by atoms with Crippen LogP contribution in [0.15, 0.2) is 40.6 Å². The maximum atomic E-state index is 13.7. The Morgan fingerprint density at radius 2 is 2.26 bits per heavy atom. The SMILES string of the molecule is C=CCn1c(O)c(C=C2C=Nc3c(F)cccc32)c(=O)[nH]c1=S. The van der Waals surface area contributed by atoms with Crippen LogP contribution in [0.4, 0.5) is 10.1 Å². The lowest BCUT2D eigenvalue weighted by atomic mass is 10.0. The van der Waals surface area contributed by atoms with Crippen LogP contribution in [-0.2, 0) is 6.54 Å². The number of benzene rings is 1. The van der Waals surface area contributed by atoms with Crippen molar-refractivity contribution >= 4 is 35.8 Å². The molecule has 0 unspecified atom stereocenters. The molecule has 5 nitrogen and oxygen atoms in total. The lowest BCUT2D eigenvalue weighted by Crippen LogP contribution is -2.16. The third-order valence-corrected chi connectivity index (χ3v) is 3.77. The van der Waals surface area contributed by atoms with E-state index in [0.717, 1.165) is 0 Å². The fourth-order valence-electron chi connectivity index (χ4n) is 2.36. The van der Waals surface area contributed by atoms with Gasteiger partial charge >= 0.3 is 0 Å². The average Bonchev–Trinajstić information content (AvgIpc) is 2.92. The van der Waals surface area contributed by atoms with E-state index in [1.54, 1.807) is 18.2 Å². The Labute approximate surface area is 135 Å². The van der Waals surface area contributed by atoms with Crippen molar-refractivity contribution in [2.45, 2.75) is 6.54 Å². The topological polar surface area (TPSA) is 70.4 Å². The maximum Gasteiger partial charge on any atom is 0.262 e. The summed E-state index contributed by atoms with van der Waals surface area (Å²) in [5.41, 5.74) is 0.801. The van der Waals surface area contributed by atoms with Crippen molar-refractivity contribution in [3.05, 3.63) is 62.9 Å². The van der Waals surface area contributed by atoms with Gasteiger partial charge in [-0.25, -0.2) is 4.39 Å². The molecule has 0 bridgehead atoms. The van der Waals surface area contributed by atoms with Crippen LogP contribution in [0.25, 0.3) is 11.6 Å². The summed E-state index contributed by atoms with van der Waals surface area (Å²) in [4.78, 5) is 18.6. The second kappa shape index (κ2) is 5.77. The van der Waals surface area contributed by atoms with Gasteiger partial charge in [-0.3, -0.25) is 19.3 Å². The van der Waals surface area contributed by atoms with Gasteiger partial charge in [-0.15, -0.1) is 6.58 Å². The molecule has 0 amide bonds. The van der Waals surface area contributed by atoms with Gasteiger partial charge in [-0.05, 0) is 24.4 Å². The molecule has 2 heterocycles. The Kier molecular flexibility index (Phi) is 3.79. The lowest BCUT2D eigenvalue weighted by molar-refractivity contribution is 0.413. The van der Waals surface area contributed by atoms with Gasteiger partial charge in [0.15, 0.2) is 4.77 Å². The number of aliphatic imine (C=N–C) groups is 1. The van der Waals surface area contributed by atoms with Crippen molar-refractivity contribution in [1.82, 2.24) is 9.55 Å². The Morgan fingerprint density at radius 3 is 3.00 bits per heavy atom. The monoisotopic (exact) mass is 329 g/mol. The molecule has 1 aromatic carbocycles. The van der Waals surface area contributed by atoms with E-state index in [1.807, 2.05) is 0 Å². The summed E-state index contributed by atoms with van der Waals surface area (Å²) in [7, 11) is 0. The van der Waals surface area contributed by atoms with Crippen molar-refractivity contribution in [3.8, 4) is 5.88 Å². The normalized spacial score (nSPS) is 14.2. The molecule has 3 rings (SSSR count). The molecule has 0 radical (unpaired) electrons. The average molecular weight is 329 g/mol. The number of allylic oxidation sites excluding steroid dienone is 2. The molecule has 0 spiro atoms. The van der Waals surface area contributed by atoms with Crippen LogP contribution < -0.4 is 5.56 Å². The molecule has 0 fully saturated rings. The van der Waals surface area contributed by atoms with E-state index in [4.69, 9.17) is 12.2 Å². The number of aromatic amines is 1. The van der Waals surface area contributed by atoms with E-state index in [1.165, 1.54) is 22.9 Å². The summed E-state index contributed by atoms with van der Waals surface area (Å²) in [6.07, 6.45) is 4.45. The largest absolute Gasteiger partial charge is 0.494 e. The second-order valence-corrected chi connectivity index (χ2v) is 5.28. The summed E-state index contributed by atoms with van der Waals surface area (Å²) in [5, 5.41) is 10.3.